The summed E-state index contributed by atoms with van der Waals surface area (Å²) in [6.07, 6.45) is 4.79. The minimum Gasteiger partial charge on any atom is -0.310 e. The van der Waals surface area contributed by atoms with Crippen LogP contribution in [0, 0.1) is 27.7 Å². The van der Waals surface area contributed by atoms with Gasteiger partial charge in [-0.1, -0.05) is 213 Å². The van der Waals surface area contributed by atoms with Gasteiger partial charge in [-0.15, -0.1) is 0 Å². The first-order valence-corrected chi connectivity index (χ1v) is 23.1. The SMILES string of the molecule is CCCc1ccccc1-c1cccc(C)c1C.Cc1ccc2c(c1)-c1ccccc1C21C(c2ccccc2)=Cc2cc(N(c3ccccc3)c3ccccc3)ccc21.Cc1ccccc1. The highest BCUT2D eigenvalue weighted by molar-refractivity contribution is 6.05. The number of allylic oxidation sites excluding steroid dienone is 1. The van der Waals surface area contributed by atoms with Crippen molar-refractivity contribution >= 4 is 28.7 Å². The van der Waals surface area contributed by atoms with Crippen LogP contribution in [-0.2, 0) is 11.8 Å². The number of hydrogen-bond donors (Lipinski definition) is 0. The molecule has 0 fully saturated rings. The number of benzene rings is 9. The van der Waals surface area contributed by atoms with Crippen LogP contribution in [0.4, 0.5) is 17.1 Å². The van der Waals surface area contributed by atoms with Gasteiger partial charge in [0.2, 0.25) is 0 Å². The van der Waals surface area contributed by atoms with E-state index >= 15 is 0 Å². The normalized spacial score (nSPS) is 13.9. The Bertz CT molecular complexity index is 3030. The van der Waals surface area contributed by atoms with E-state index in [-0.39, 0.29) is 5.41 Å². The van der Waals surface area contributed by atoms with Crippen molar-refractivity contribution in [3.05, 3.63) is 280 Å². The van der Waals surface area contributed by atoms with E-state index in [9.17, 15) is 0 Å². The smallest absolute Gasteiger partial charge is 0.0725 e. The summed E-state index contributed by atoms with van der Waals surface area (Å²) in [5.74, 6) is 0. The molecule has 2 aliphatic carbocycles. The molecule has 0 saturated heterocycles. The largest absolute Gasteiger partial charge is 0.310 e. The molecule has 1 nitrogen and oxygen atoms in total. The minimum atomic E-state index is -0.362. The fourth-order valence-corrected chi connectivity index (χ4v) is 9.90. The predicted molar refractivity (Wildman–Crippen MR) is 278 cm³/mol. The highest BCUT2D eigenvalue weighted by atomic mass is 15.1. The fraction of sp³-hybridized carbons (Fsp3) is 0.125. The lowest BCUT2D eigenvalue weighted by molar-refractivity contribution is 0.841. The standard InChI is InChI=1S/C40H29N.C17H20.C7H8/c1-28-21-23-38-35(25-28)34-19-11-12-20-37(34)40(38)36-24-22-33(26-30(36)27-39(40)29-13-5-2-6-14-29)41(31-15-7-3-8-16-31)32-17-9-4-10-18-32;1-4-8-15-10-5-6-11-17(15)16-12-7-9-13(2)14(16)3;1-7-5-3-2-4-6-7/h2-27H,1H3;5-7,9-12H,4,8H2,1-3H3;2-6H,1H3. The van der Waals surface area contributed by atoms with Gasteiger partial charge in [-0.05, 0) is 149 Å². The van der Waals surface area contributed by atoms with Crippen molar-refractivity contribution in [3.8, 4) is 22.3 Å². The lowest BCUT2D eigenvalue weighted by Gasteiger charge is -2.33. The molecule has 2 aliphatic rings. The van der Waals surface area contributed by atoms with Crippen LogP contribution in [0.2, 0.25) is 0 Å². The van der Waals surface area contributed by atoms with Crippen LogP contribution in [0.3, 0.4) is 0 Å². The van der Waals surface area contributed by atoms with Gasteiger partial charge < -0.3 is 4.90 Å². The van der Waals surface area contributed by atoms with Crippen LogP contribution in [0.25, 0.3) is 33.9 Å². The molecule has 65 heavy (non-hydrogen) atoms. The zero-order valence-electron chi connectivity index (χ0n) is 38.3. The molecule has 0 bridgehead atoms. The first-order valence-electron chi connectivity index (χ1n) is 23.1. The molecule has 9 aromatic carbocycles. The number of nitrogens with zero attached hydrogens (tertiary/aromatic N) is 1. The summed E-state index contributed by atoms with van der Waals surface area (Å²) in [5.41, 5.74) is 23.3. The summed E-state index contributed by atoms with van der Waals surface area (Å²) in [6, 6.07) is 80.9. The van der Waals surface area contributed by atoms with Crippen molar-refractivity contribution in [2.24, 2.45) is 0 Å². The van der Waals surface area contributed by atoms with Crippen molar-refractivity contribution in [3.63, 3.8) is 0 Å². The molecule has 0 aromatic heterocycles. The third-order valence-electron chi connectivity index (χ3n) is 13.1. The molecule has 318 valence electrons. The predicted octanol–water partition coefficient (Wildman–Crippen LogP) is 17.3. The Morgan fingerprint density at radius 1 is 0.400 bits per heavy atom. The number of para-hydroxylation sites is 2. The summed E-state index contributed by atoms with van der Waals surface area (Å²) >= 11 is 0. The van der Waals surface area contributed by atoms with Crippen molar-refractivity contribution in [1.29, 1.82) is 0 Å². The summed E-state index contributed by atoms with van der Waals surface area (Å²) in [5, 5.41) is 0. The first-order chi connectivity index (χ1) is 31.9. The van der Waals surface area contributed by atoms with E-state index in [0.717, 1.165) is 23.5 Å². The topological polar surface area (TPSA) is 3.24 Å². The highest BCUT2D eigenvalue weighted by Gasteiger charge is 2.51. The van der Waals surface area contributed by atoms with Crippen LogP contribution >= 0.6 is 0 Å². The molecular formula is C64H57N. The summed E-state index contributed by atoms with van der Waals surface area (Å²) in [7, 11) is 0. The third-order valence-corrected chi connectivity index (χ3v) is 13.1. The number of anilines is 3. The number of aryl methyl sites for hydroxylation is 4. The van der Waals surface area contributed by atoms with E-state index in [1.807, 2.05) is 18.2 Å². The first kappa shape index (κ1) is 42.8. The number of fused-ring (bicyclic) bond motifs is 7. The van der Waals surface area contributed by atoms with Gasteiger partial charge in [0, 0.05) is 17.1 Å². The Morgan fingerprint density at radius 2 is 0.954 bits per heavy atom. The van der Waals surface area contributed by atoms with Crippen molar-refractivity contribution in [2.75, 3.05) is 4.90 Å². The summed E-state index contributed by atoms with van der Waals surface area (Å²) in [6.45, 7) is 10.9. The Kier molecular flexibility index (Phi) is 12.6. The van der Waals surface area contributed by atoms with Crippen LogP contribution in [0.15, 0.2) is 224 Å². The second-order valence-electron chi connectivity index (χ2n) is 17.4. The van der Waals surface area contributed by atoms with Crippen molar-refractivity contribution in [1.82, 2.24) is 0 Å². The van der Waals surface area contributed by atoms with E-state index in [1.165, 1.54) is 89.9 Å². The van der Waals surface area contributed by atoms with Gasteiger partial charge in [0.25, 0.3) is 0 Å². The van der Waals surface area contributed by atoms with Gasteiger partial charge in [0.1, 0.15) is 0 Å². The average molecular weight is 840 g/mol. The molecule has 0 radical (unpaired) electrons. The molecule has 0 N–H and O–H groups in total. The molecule has 0 heterocycles. The zero-order chi connectivity index (χ0) is 44.8. The van der Waals surface area contributed by atoms with Crippen LogP contribution < -0.4 is 4.90 Å². The highest BCUT2D eigenvalue weighted by Crippen LogP contribution is 2.63. The Morgan fingerprint density at radius 3 is 1.60 bits per heavy atom. The molecule has 0 aliphatic heterocycles. The van der Waals surface area contributed by atoms with Crippen LogP contribution in [-0.4, -0.2) is 0 Å². The van der Waals surface area contributed by atoms with Gasteiger partial charge in [0.15, 0.2) is 0 Å². The van der Waals surface area contributed by atoms with E-state index < -0.39 is 0 Å². The maximum atomic E-state index is 2.44. The summed E-state index contributed by atoms with van der Waals surface area (Å²) in [4.78, 5) is 2.35. The van der Waals surface area contributed by atoms with Gasteiger partial charge in [0.05, 0.1) is 5.41 Å². The lowest BCUT2D eigenvalue weighted by Crippen LogP contribution is -2.26. The molecule has 1 heteroatoms. The third kappa shape index (κ3) is 8.39. The average Bonchev–Trinajstić information content (AvgIpc) is 3.84. The molecule has 0 amide bonds. The van der Waals surface area contributed by atoms with Gasteiger partial charge >= 0.3 is 0 Å². The lowest BCUT2D eigenvalue weighted by atomic mass is 9.68. The maximum absolute atomic E-state index is 2.44. The molecule has 0 saturated carbocycles. The molecule has 11 rings (SSSR count). The van der Waals surface area contributed by atoms with E-state index in [4.69, 9.17) is 0 Å². The van der Waals surface area contributed by atoms with E-state index in [2.05, 4.69) is 252 Å². The Labute approximate surface area is 387 Å². The van der Waals surface area contributed by atoms with E-state index in [0.29, 0.717) is 0 Å². The maximum Gasteiger partial charge on any atom is 0.0725 e. The van der Waals surface area contributed by atoms with Crippen molar-refractivity contribution in [2.45, 2.75) is 52.9 Å². The molecule has 1 unspecified atom stereocenters. The quantitative estimate of drug-likeness (QED) is 0.155. The molecular weight excluding hydrogens is 783 g/mol. The zero-order valence-corrected chi connectivity index (χ0v) is 38.3. The Balaban J connectivity index is 0.000000182. The summed E-state index contributed by atoms with van der Waals surface area (Å²) < 4.78 is 0. The Hall–Kier alpha value is -7.48. The minimum absolute atomic E-state index is 0.362. The van der Waals surface area contributed by atoms with Gasteiger partial charge in [-0.3, -0.25) is 0 Å². The van der Waals surface area contributed by atoms with Crippen LogP contribution in [0.5, 0.6) is 0 Å². The molecule has 9 aromatic rings. The molecule has 1 atom stereocenters. The van der Waals surface area contributed by atoms with Gasteiger partial charge in [-0.2, -0.15) is 0 Å². The number of rotatable bonds is 7. The second kappa shape index (κ2) is 19.1. The number of hydrogen-bond acceptors (Lipinski definition) is 1. The van der Waals surface area contributed by atoms with E-state index in [1.54, 1.807) is 0 Å². The van der Waals surface area contributed by atoms with Gasteiger partial charge in [-0.25, -0.2) is 0 Å². The van der Waals surface area contributed by atoms with Crippen LogP contribution in [0.1, 0.15) is 69.0 Å². The van der Waals surface area contributed by atoms with Crippen molar-refractivity contribution < 1.29 is 0 Å². The second-order valence-corrected chi connectivity index (χ2v) is 17.4. The monoisotopic (exact) mass is 839 g/mol. The molecule has 1 spiro atoms. The fourth-order valence-electron chi connectivity index (χ4n) is 9.90.